The largest absolute Gasteiger partial charge is 0.292 e. The van der Waals surface area contributed by atoms with E-state index >= 15 is 0 Å². The van der Waals surface area contributed by atoms with Crippen molar-refractivity contribution in [3.63, 3.8) is 0 Å². The van der Waals surface area contributed by atoms with Crippen molar-refractivity contribution in [3.8, 4) is 43.9 Å². The zero-order chi connectivity index (χ0) is 32.5. The summed E-state index contributed by atoms with van der Waals surface area (Å²) in [4.78, 5) is 19.1. The molecule has 0 aliphatic rings. The summed E-state index contributed by atoms with van der Waals surface area (Å²) in [5, 5.41) is 29.9. The summed E-state index contributed by atoms with van der Waals surface area (Å²) in [5.41, 5.74) is 7.76. The maximum absolute atomic E-state index is 8.71. The number of benzene rings is 3. The molecule has 0 aliphatic heterocycles. The second-order valence-corrected chi connectivity index (χ2v) is 12.8. The fourth-order valence-electron chi connectivity index (χ4n) is 5.35. The Morgan fingerprint density at radius 1 is 0.438 bits per heavy atom. The number of fused-ring (bicyclic) bond motifs is 3. The Morgan fingerprint density at radius 3 is 1.62 bits per heavy atom. The van der Waals surface area contributed by atoms with Gasteiger partial charge in [-0.15, -0.1) is 10.2 Å². The summed E-state index contributed by atoms with van der Waals surface area (Å²) in [6, 6.07) is 43.0. The van der Waals surface area contributed by atoms with Crippen LogP contribution in [0.5, 0.6) is 0 Å². The topological polar surface area (TPSA) is 125 Å². The first kappa shape index (κ1) is 29.4. The van der Waals surface area contributed by atoms with Crippen molar-refractivity contribution in [2.24, 2.45) is 0 Å². The SMILES string of the molecule is N=C(SC(=N)c1ccc2c(ccc3nc(-c4nnc(-c5cccc(-c6ccccc6)n5)s4)ccc32)n1)c1cccc(-c2ccccc2)n1. The van der Waals surface area contributed by atoms with Gasteiger partial charge < -0.3 is 0 Å². The van der Waals surface area contributed by atoms with Crippen LogP contribution in [0.25, 0.3) is 65.7 Å². The van der Waals surface area contributed by atoms with Crippen LogP contribution < -0.4 is 0 Å². The Labute approximate surface area is 283 Å². The third-order valence-corrected chi connectivity index (χ3v) is 9.50. The third kappa shape index (κ3) is 5.86. The van der Waals surface area contributed by atoms with E-state index in [9.17, 15) is 0 Å². The van der Waals surface area contributed by atoms with Crippen LogP contribution in [0, 0.1) is 10.8 Å². The highest BCUT2D eigenvalue weighted by Crippen LogP contribution is 2.32. The van der Waals surface area contributed by atoms with E-state index in [4.69, 9.17) is 25.8 Å². The second-order valence-electron chi connectivity index (χ2n) is 10.8. The summed E-state index contributed by atoms with van der Waals surface area (Å²) < 4.78 is 0. The number of hydrogen-bond acceptors (Lipinski definition) is 10. The molecule has 10 heteroatoms. The van der Waals surface area contributed by atoms with E-state index in [-0.39, 0.29) is 10.1 Å². The molecular weight excluding hydrogens is 633 g/mol. The van der Waals surface area contributed by atoms with Gasteiger partial charge in [-0.1, -0.05) is 84.1 Å². The fraction of sp³-hybridized carbons (Fsp3) is 0. The lowest BCUT2D eigenvalue weighted by Crippen LogP contribution is -2.05. The fourth-order valence-corrected chi connectivity index (χ4v) is 6.78. The molecule has 228 valence electrons. The maximum Gasteiger partial charge on any atom is 0.166 e. The van der Waals surface area contributed by atoms with Crippen molar-refractivity contribution >= 4 is 55.0 Å². The maximum atomic E-state index is 8.71. The third-order valence-electron chi connectivity index (χ3n) is 7.71. The molecule has 8 aromatic rings. The van der Waals surface area contributed by atoms with Crippen LogP contribution in [0.4, 0.5) is 0 Å². The highest BCUT2D eigenvalue weighted by molar-refractivity contribution is 8.27. The van der Waals surface area contributed by atoms with E-state index in [0.29, 0.717) is 16.4 Å². The Morgan fingerprint density at radius 2 is 0.958 bits per heavy atom. The molecule has 5 heterocycles. The van der Waals surface area contributed by atoms with Gasteiger partial charge in [-0.2, -0.15) is 0 Å². The smallest absolute Gasteiger partial charge is 0.166 e. The average Bonchev–Trinajstić information content (AvgIpc) is 3.66. The number of nitrogens with zero attached hydrogens (tertiary/aromatic N) is 6. The molecule has 0 atom stereocenters. The molecule has 8 nitrogen and oxygen atoms in total. The van der Waals surface area contributed by atoms with E-state index in [2.05, 4.69) is 15.2 Å². The molecular formula is C38H24N8S2. The van der Waals surface area contributed by atoms with E-state index in [1.54, 1.807) is 6.07 Å². The monoisotopic (exact) mass is 656 g/mol. The lowest BCUT2D eigenvalue weighted by Gasteiger charge is -2.09. The van der Waals surface area contributed by atoms with Gasteiger partial charge >= 0.3 is 0 Å². The molecule has 0 unspecified atom stereocenters. The van der Waals surface area contributed by atoms with Crippen molar-refractivity contribution in [2.45, 2.75) is 0 Å². The molecule has 3 aromatic carbocycles. The molecule has 0 aliphatic carbocycles. The van der Waals surface area contributed by atoms with Gasteiger partial charge in [0.2, 0.25) is 0 Å². The Bertz CT molecular complexity index is 2480. The number of pyridine rings is 4. The Hall–Kier alpha value is -5.97. The summed E-state index contributed by atoms with van der Waals surface area (Å²) in [7, 11) is 0. The Kier molecular flexibility index (Phi) is 7.77. The zero-order valence-corrected chi connectivity index (χ0v) is 26.8. The standard InChI is InChI=1S/C38H24N8S2/c39-35(31-15-7-13-27(41-31)23-9-3-1-4-10-23)47-36(40)32-19-17-25-26-18-20-34(44-30(26)22-21-29(25)43-32)38-46-45-37(48-38)33-16-8-14-28(42-33)24-11-5-2-6-12-24/h1-22,39-40H. The zero-order valence-electron chi connectivity index (χ0n) is 25.2. The number of nitrogens with one attached hydrogen (secondary N) is 2. The van der Waals surface area contributed by atoms with Crippen molar-refractivity contribution in [3.05, 3.63) is 145 Å². The number of rotatable bonds is 6. The molecule has 0 bridgehead atoms. The summed E-state index contributed by atoms with van der Waals surface area (Å²) in [5.74, 6) is 0. The van der Waals surface area contributed by atoms with Gasteiger partial charge in [-0.05, 0) is 72.4 Å². The molecule has 8 rings (SSSR count). The molecule has 0 amide bonds. The Balaban J connectivity index is 1.02. The average molecular weight is 657 g/mol. The van der Waals surface area contributed by atoms with E-state index in [0.717, 1.165) is 72.5 Å². The van der Waals surface area contributed by atoms with Gasteiger partial charge in [0.1, 0.15) is 21.5 Å². The molecule has 2 N–H and O–H groups in total. The van der Waals surface area contributed by atoms with Crippen molar-refractivity contribution in [2.75, 3.05) is 0 Å². The molecule has 0 spiro atoms. The normalized spacial score (nSPS) is 11.2. The van der Waals surface area contributed by atoms with Crippen LogP contribution >= 0.6 is 23.1 Å². The van der Waals surface area contributed by atoms with Gasteiger partial charge in [-0.3, -0.25) is 10.8 Å². The van der Waals surface area contributed by atoms with Crippen molar-refractivity contribution < 1.29 is 0 Å². The first-order valence-electron chi connectivity index (χ1n) is 15.0. The first-order valence-corrected chi connectivity index (χ1v) is 16.7. The highest BCUT2D eigenvalue weighted by atomic mass is 32.2. The quantitative estimate of drug-likeness (QED) is 0.104. The number of thioether (sulfide) groups is 1. The second kappa shape index (κ2) is 12.7. The molecule has 0 fully saturated rings. The van der Waals surface area contributed by atoms with Crippen molar-refractivity contribution in [1.29, 1.82) is 10.8 Å². The van der Waals surface area contributed by atoms with E-state index in [1.807, 2.05) is 127 Å². The minimum Gasteiger partial charge on any atom is -0.292 e. The van der Waals surface area contributed by atoms with Crippen LogP contribution in [0.2, 0.25) is 0 Å². The summed E-state index contributed by atoms with van der Waals surface area (Å²) in [6.45, 7) is 0. The number of aromatic nitrogens is 6. The minimum absolute atomic E-state index is 0.179. The lowest BCUT2D eigenvalue weighted by molar-refractivity contribution is 1.08. The van der Waals surface area contributed by atoms with Crippen LogP contribution in [0.15, 0.2) is 133 Å². The van der Waals surface area contributed by atoms with Gasteiger partial charge in [0.25, 0.3) is 0 Å². The predicted octanol–water partition coefficient (Wildman–Crippen LogP) is 9.18. The lowest BCUT2D eigenvalue weighted by atomic mass is 10.1. The van der Waals surface area contributed by atoms with Gasteiger partial charge in [0.05, 0.1) is 33.8 Å². The van der Waals surface area contributed by atoms with Crippen LogP contribution in [-0.4, -0.2) is 40.2 Å². The van der Waals surface area contributed by atoms with E-state index < -0.39 is 0 Å². The molecule has 5 aromatic heterocycles. The van der Waals surface area contributed by atoms with Crippen LogP contribution in [0.1, 0.15) is 11.4 Å². The number of hydrogen-bond donors (Lipinski definition) is 2. The van der Waals surface area contributed by atoms with Crippen LogP contribution in [0.3, 0.4) is 0 Å². The molecule has 0 saturated heterocycles. The van der Waals surface area contributed by atoms with Gasteiger partial charge in [-0.25, -0.2) is 19.9 Å². The summed E-state index contributed by atoms with van der Waals surface area (Å²) in [6.07, 6.45) is 0. The minimum atomic E-state index is 0.179. The first-order chi connectivity index (χ1) is 23.6. The van der Waals surface area contributed by atoms with Gasteiger partial charge in [0, 0.05) is 21.9 Å². The van der Waals surface area contributed by atoms with Crippen LogP contribution in [-0.2, 0) is 0 Å². The molecule has 48 heavy (non-hydrogen) atoms. The predicted molar refractivity (Wildman–Crippen MR) is 196 cm³/mol. The highest BCUT2D eigenvalue weighted by Gasteiger charge is 2.16. The molecule has 0 radical (unpaired) electrons. The van der Waals surface area contributed by atoms with Gasteiger partial charge in [0.15, 0.2) is 10.0 Å². The summed E-state index contributed by atoms with van der Waals surface area (Å²) >= 11 is 2.49. The van der Waals surface area contributed by atoms with E-state index in [1.165, 1.54) is 11.3 Å². The molecule has 0 saturated carbocycles. The van der Waals surface area contributed by atoms with Crippen molar-refractivity contribution in [1.82, 2.24) is 30.1 Å².